The molecule has 1 heterocycles. The number of nitrogens with zero attached hydrogens (tertiary/aromatic N) is 1. The second kappa shape index (κ2) is 7.49. The minimum atomic E-state index is 0.0757. The average Bonchev–Trinajstić information content (AvgIpc) is 2.59. The Bertz CT molecular complexity index is 216. The Balaban J connectivity index is 2.18. The lowest BCUT2D eigenvalue weighted by Crippen LogP contribution is -2.29. The van der Waals surface area contributed by atoms with Gasteiger partial charge in [0.15, 0.2) is 5.17 Å². The van der Waals surface area contributed by atoms with Gasteiger partial charge >= 0.3 is 0 Å². The number of alkyl halides is 1. The Morgan fingerprint density at radius 2 is 2.40 bits per heavy atom. The van der Waals surface area contributed by atoms with Gasteiger partial charge in [0.2, 0.25) is 0 Å². The number of thioether (sulfide) groups is 1. The van der Waals surface area contributed by atoms with E-state index in [1.165, 1.54) is 0 Å². The van der Waals surface area contributed by atoms with E-state index in [2.05, 4.69) is 33.2 Å². The van der Waals surface area contributed by atoms with Crippen LogP contribution in [0, 0.1) is 0 Å². The number of aliphatic hydroxyl groups is 1. The van der Waals surface area contributed by atoms with E-state index in [-0.39, 0.29) is 6.61 Å². The molecule has 0 saturated carbocycles. The molecule has 1 aliphatic heterocycles. The van der Waals surface area contributed by atoms with Crippen LogP contribution in [0.1, 0.15) is 6.92 Å². The van der Waals surface area contributed by atoms with Crippen LogP contribution in [0.4, 0.5) is 0 Å². The first-order valence-electron chi connectivity index (χ1n) is 5.00. The largest absolute Gasteiger partial charge is 0.394 e. The van der Waals surface area contributed by atoms with Gasteiger partial charge in [0, 0.05) is 16.6 Å². The first kappa shape index (κ1) is 13.3. The maximum atomic E-state index is 8.50. The molecule has 0 aromatic heterocycles. The highest BCUT2D eigenvalue weighted by atomic mass is 79.9. The Hall–Kier alpha value is 0.220. The van der Waals surface area contributed by atoms with Gasteiger partial charge in [0.25, 0.3) is 0 Å². The minimum Gasteiger partial charge on any atom is -0.394 e. The van der Waals surface area contributed by atoms with Crippen LogP contribution in [0.3, 0.4) is 0 Å². The topological polar surface area (TPSA) is 53.9 Å². The van der Waals surface area contributed by atoms with Crippen LogP contribution in [0.5, 0.6) is 0 Å². The fraction of sp³-hybridized carbons (Fsp3) is 0.889. The van der Waals surface area contributed by atoms with Crippen molar-refractivity contribution in [2.24, 2.45) is 4.99 Å². The molecule has 2 N–H and O–H groups in total. The highest BCUT2D eigenvalue weighted by Crippen LogP contribution is 2.24. The lowest BCUT2D eigenvalue weighted by molar-refractivity contribution is 0.0978. The molecule has 2 atom stereocenters. The van der Waals surface area contributed by atoms with Crippen molar-refractivity contribution in [3.8, 4) is 0 Å². The van der Waals surface area contributed by atoms with Crippen LogP contribution in [-0.4, -0.2) is 53.3 Å². The SMILES string of the molecule is CC1NC(=NCCOCCO)SC1CBr. The number of aliphatic imine (C=N–C) groups is 1. The Morgan fingerprint density at radius 3 is 3.00 bits per heavy atom. The van der Waals surface area contributed by atoms with Crippen LogP contribution in [0.25, 0.3) is 0 Å². The van der Waals surface area contributed by atoms with Gasteiger partial charge in [-0.25, -0.2) is 0 Å². The van der Waals surface area contributed by atoms with Gasteiger partial charge in [-0.15, -0.1) is 0 Å². The first-order chi connectivity index (χ1) is 7.27. The fourth-order valence-electron chi connectivity index (χ4n) is 1.19. The molecule has 0 spiro atoms. The second-order valence-corrected chi connectivity index (χ2v) is 5.14. The highest BCUT2D eigenvalue weighted by molar-refractivity contribution is 9.09. The number of amidine groups is 1. The zero-order valence-electron chi connectivity index (χ0n) is 8.78. The van der Waals surface area contributed by atoms with Gasteiger partial charge in [-0.1, -0.05) is 27.7 Å². The van der Waals surface area contributed by atoms with E-state index < -0.39 is 0 Å². The summed E-state index contributed by atoms with van der Waals surface area (Å²) in [6.07, 6.45) is 0. The molecule has 88 valence electrons. The molecule has 0 aliphatic carbocycles. The first-order valence-corrected chi connectivity index (χ1v) is 7.00. The molecule has 0 amide bonds. The third-order valence-corrected chi connectivity index (χ3v) is 4.52. The van der Waals surface area contributed by atoms with Crippen LogP contribution < -0.4 is 5.32 Å². The molecular formula is C9H17BrN2O2S. The third-order valence-electron chi connectivity index (χ3n) is 2.05. The Morgan fingerprint density at radius 1 is 1.60 bits per heavy atom. The lowest BCUT2D eigenvalue weighted by atomic mass is 10.3. The van der Waals surface area contributed by atoms with E-state index in [4.69, 9.17) is 9.84 Å². The minimum absolute atomic E-state index is 0.0757. The normalized spacial score (nSPS) is 28.3. The monoisotopic (exact) mass is 296 g/mol. The van der Waals surface area contributed by atoms with E-state index in [9.17, 15) is 0 Å². The van der Waals surface area contributed by atoms with Crippen LogP contribution >= 0.6 is 27.7 Å². The van der Waals surface area contributed by atoms with Crippen molar-refractivity contribution in [1.82, 2.24) is 5.32 Å². The quantitative estimate of drug-likeness (QED) is 0.563. The third kappa shape index (κ3) is 4.72. The maximum absolute atomic E-state index is 8.50. The molecule has 4 nitrogen and oxygen atoms in total. The molecule has 0 aromatic rings. The predicted octanol–water partition coefficient (Wildman–Crippen LogP) is 0.840. The van der Waals surface area contributed by atoms with Crippen molar-refractivity contribution in [1.29, 1.82) is 0 Å². The zero-order valence-corrected chi connectivity index (χ0v) is 11.2. The highest BCUT2D eigenvalue weighted by Gasteiger charge is 2.26. The summed E-state index contributed by atoms with van der Waals surface area (Å²) in [4.78, 5) is 4.38. The van der Waals surface area contributed by atoms with E-state index in [1.54, 1.807) is 11.8 Å². The molecule has 1 fully saturated rings. The van der Waals surface area contributed by atoms with Crippen molar-refractivity contribution in [2.75, 3.05) is 31.7 Å². The number of nitrogens with one attached hydrogen (secondary N) is 1. The van der Waals surface area contributed by atoms with Crippen molar-refractivity contribution < 1.29 is 9.84 Å². The second-order valence-electron chi connectivity index (χ2n) is 3.27. The van der Waals surface area contributed by atoms with Crippen molar-refractivity contribution in [3.05, 3.63) is 0 Å². The summed E-state index contributed by atoms with van der Waals surface area (Å²) >= 11 is 5.25. The summed E-state index contributed by atoms with van der Waals surface area (Å²) in [5, 5.41) is 14.4. The molecule has 6 heteroatoms. The molecular weight excluding hydrogens is 280 g/mol. The summed E-state index contributed by atoms with van der Waals surface area (Å²) in [6.45, 7) is 3.85. The predicted molar refractivity (Wildman–Crippen MR) is 68.0 cm³/mol. The summed E-state index contributed by atoms with van der Waals surface area (Å²) < 4.78 is 5.12. The lowest BCUT2D eigenvalue weighted by Gasteiger charge is -2.07. The van der Waals surface area contributed by atoms with Crippen molar-refractivity contribution in [2.45, 2.75) is 18.2 Å². The number of ether oxygens (including phenoxy) is 1. The number of hydrogen-bond donors (Lipinski definition) is 2. The summed E-state index contributed by atoms with van der Waals surface area (Å²) in [7, 11) is 0. The van der Waals surface area contributed by atoms with Gasteiger partial charge in [-0.2, -0.15) is 0 Å². The molecule has 1 saturated heterocycles. The van der Waals surface area contributed by atoms with Crippen LogP contribution in [0.2, 0.25) is 0 Å². The Kier molecular flexibility index (Phi) is 6.63. The smallest absolute Gasteiger partial charge is 0.157 e. The van der Waals surface area contributed by atoms with E-state index in [1.807, 2.05) is 0 Å². The number of hydrogen-bond acceptors (Lipinski definition) is 4. The van der Waals surface area contributed by atoms with Crippen molar-refractivity contribution in [3.63, 3.8) is 0 Å². The van der Waals surface area contributed by atoms with E-state index in [0.717, 1.165) is 10.5 Å². The number of aliphatic hydroxyl groups excluding tert-OH is 1. The molecule has 15 heavy (non-hydrogen) atoms. The zero-order chi connectivity index (χ0) is 11.1. The summed E-state index contributed by atoms with van der Waals surface area (Å²) in [5.41, 5.74) is 0. The molecule has 2 unspecified atom stereocenters. The molecule has 0 bridgehead atoms. The van der Waals surface area contributed by atoms with E-state index >= 15 is 0 Å². The van der Waals surface area contributed by atoms with Gasteiger partial charge in [0.05, 0.1) is 26.4 Å². The average molecular weight is 297 g/mol. The van der Waals surface area contributed by atoms with Crippen LogP contribution in [-0.2, 0) is 4.74 Å². The molecule has 1 aliphatic rings. The molecule has 0 radical (unpaired) electrons. The number of halogens is 1. The van der Waals surface area contributed by atoms with Crippen LogP contribution in [0.15, 0.2) is 4.99 Å². The van der Waals surface area contributed by atoms with Gasteiger partial charge in [-0.05, 0) is 6.92 Å². The Labute approximate surface area is 103 Å². The summed E-state index contributed by atoms with van der Waals surface area (Å²) in [6, 6.07) is 0.464. The van der Waals surface area contributed by atoms with E-state index in [0.29, 0.717) is 31.1 Å². The molecule has 0 aromatic carbocycles. The fourth-order valence-corrected chi connectivity index (χ4v) is 3.19. The summed E-state index contributed by atoms with van der Waals surface area (Å²) in [5.74, 6) is 0. The molecule has 1 rings (SSSR count). The number of rotatable bonds is 6. The van der Waals surface area contributed by atoms with Crippen molar-refractivity contribution >= 4 is 32.9 Å². The van der Waals surface area contributed by atoms with Gasteiger partial charge in [-0.3, -0.25) is 4.99 Å². The standard InChI is InChI=1S/C9H17BrN2O2S/c1-7-8(6-10)15-9(12-7)11-2-4-14-5-3-13/h7-8,13H,2-6H2,1H3,(H,11,12). The van der Waals surface area contributed by atoms with Gasteiger partial charge in [0.1, 0.15) is 0 Å². The maximum Gasteiger partial charge on any atom is 0.157 e. The van der Waals surface area contributed by atoms with Gasteiger partial charge < -0.3 is 15.2 Å².